The number of aromatic nitrogens is 2. The minimum absolute atomic E-state index is 0.127. The van der Waals surface area contributed by atoms with Crippen LogP contribution in [0.15, 0.2) is 34.9 Å². The number of piperidine rings is 1. The summed E-state index contributed by atoms with van der Waals surface area (Å²) in [5, 5.41) is 4.59. The van der Waals surface area contributed by atoms with E-state index in [0.29, 0.717) is 47.5 Å². The van der Waals surface area contributed by atoms with Gasteiger partial charge in [0.2, 0.25) is 0 Å². The molecule has 2 aromatic heterocycles. The Labute approximate surface area is 204 Å². The molecule has 1 fully saturated rings. The van der Waals surface area contributed by atoms with Crippen LogP contribution < -0.4 is 0 Å². The summed E-state index contributed by atoms with van der Waals surface area (Å²) in [7, 11) is 1.72. The fourth-order valence-electron chi connectivity index (χ4n) is 4.40. The molecular weight excluding hydrogens is 451 g/mol. The molecule has 1 aliphatic heterocycles. The van der Waals surface area contributed by atoms with Gasteiger partial charge < -0.3 is 19.1 Å². The highest BCUT2D eigenvalue weighted by Crippen LogP contribution is 2.29. The van der Waals surface area contributed by atoms with E-state index in [9.17, 15) is 14.0 Å². The Bertz CT molecular complexity index is 1230. The van der Waals surface area contributed by atoms with Crippen molar-refractivity contribution in [2.24, 2.45) is 5.92 Å². The second-order valence-corrected chi connectivity index (χ2v) is 10.1. The van der Waals surface area contributed by atoms with Gasteiger partial charge in [-0.25, -0.2) is 14.2 Å². The minimum atomic E-state index is -0.564. The van der Waals surface area contributed by atoms with Gasteiger partial charge in [0, 0.05) is 32.2 Å². The molecule has 2 amide bonds. The summed E-state index contributed by atoms with van der Waals surface area (Å²) in [6.07, 6.45) is 1.37. The standard InChI is InChI=1S/C26H31FN4O4/c1-16-22-20(13-21(28-23(22)35-29-16)18-8-10-19(27)11-9-18)24(32)31-12-6-7-17(15-31)14-30(5)25(33)34-26(2,3)4/h8-11,13,17H,6-7,12,14-15H2,1-5H3. The fourth-order valence-corrected chi connectivity index (χ4v) is 4.40. The van der Waals surface area contributed by atoms with Crippen LogP contribution >= 0.6 is 0 Å². The summed E-state index contributed by atoms with van der Waals surface area (Å²) in [6, 6.07) is 7.66. The number of fused-ring (bicyclic) bond motifs is 1. The number of benzene rings is 1. The largest absolute Gasteiger partial charge is 0.444 e. The minimum Gasteiger partial charge on any atom is -0.444 e. The summed E-state index contributed by atoms with van der Waals surface area (Å²) in [5.41, 5.74) is 1.92. The summed E-state index contributed by atoms with van der Waals surface area (Å²) in [5.74, 6) is -0.364. The first-order valence-corrected chi connectivity index (χ1v) is 11.8. The molecule has 1 saturated heterocycles. The number of pyridine rings is 1. The zero-order valence-electron chi connectivity index (χ0n) is 20.8. The molecule has 1 atom stereocenters. The van der Waals surface area contributed by atoms with Crippen LogP contribution in [0.1, 0.15) is 49.7 Å². The van der Waals surface area contributed by atoms with Gasteiger partial charge >= 0.3 is 6.09 Å². The summed E-state index contributed by atoms with van der Waals surface area (Å²) in [4.78, 5) is 34.0. The van der Waals surface area contributed by atoms with E-state index in [2.05, 4.69) is 10.1 Å². The molecule has 3 heterocycles. The van der Waals surface area contributed by atoms with Crippen molar-refractivity contribution >= 4 is 23.1 Å². The fraction of sp³-hybridized carbons (Fsp3) is 0.462. The van der Waals surface area contributed by atoms with Crippen LogP contribution in [0.5, 0.6) is 0 Å². The van der Waals surface area contributed by atoms with E-state index in [-0.39, 0.29) is 29.4 Å². The van der Waals surface area contributed by atoms with Crippen molar-refractivity contribution in [3.63, 3.8) is 0 Å². The van der Waals surface area contributed by atoms with E-state index in [1.165, 1.54) is 12.1 Å². The summed E-state index contributed by atoms with van der Waals surface area (Å²) >= 11 is 0. The number of carbonyl (C=O) groups excluding carboxylic acids is 2. The molecule has 0 radical (unpaired) electrons. The maximum atomic E-state index is 13.7. The van der Waals surface area contributed by atoms with Gasteiger partial charge in [-0.15, -0.1) is 0 Å². The zero-order valence-corrected chi connectivity index (χ0v) is 20.8. The van der Waals surface area contributed by atoms with Crippen molar-refractivity contribution in [2.75, 3.05) is 26.7 Å². The van der Waals surface area contributed by atoms with Crippen LogP contribution in [0.4, 0.5) is 9.18 Å². The molecule has 1 aromatic carbocycles. The first-order chi connectivity index (χ1) is 16.5. The molecule has 186 valence electrons. The lowest BCUT2D eigenvalue weighted by molar-refractivity contribution is 0.0244. The molecule has 0 aliphatic carbocycles. The van der Waals surface area contributed by atoms with Crippen LogP contribution in [-0.2, 0) is 4.74 Å². The molecule has 9 heteroatoms. The van der Waals surface area contributed by atoms with Crippen molar-refractivity contribution in [3.8, 4) is 11.3 Å². The first-order valence-electron chi connectivity index (χ1n) is 11.8. The van der Waals surface area contributed by atoms with Gasteiger partial charge in [-0.3, -0.25) is 4.79 Å². The lowest BCUT2D eigenvalue weighted by Gasteiger charge is -2.35. The summed E-state index contributed by atoms with van der Waals surface area (Å²) < 4.78 is 24.3. The number of likely N-dealkylation sites (tertiary alicyclic amines) is 1. The van der Waals surface area contributed by atoms with E-state index < -0.39 is 5.60 Å². The van der Waals surface area contributed by atoms with Crippen molar-refractivity contribution in [1.29, 1.82) is 0 Å². The molecule has 0 bridgehead atoms. The lowest BCUT2D eigenvalue weighted by Crippen LogP contribution is -2.45. The third-order valence-electron chi connectivity index (χ3n) is 6.03. The van der Waals surface area contributed by atoms with Gasteiger partial charge in [-0.05, 0) is 76.8 Å². The van der Waals surface area contributed by atoms with Crippen LogP contribution in [-0.4, -0.2) is 64.2 Å². The first kappa shape index (κ1) is 24.6. The van der Waals surface area contributed by atoms with Crippen molar-refractivity contribution < 1.29 is 23.2 Å². The highest BCUT2D eigenvalue weighted by atomic mass is 19.1. The van der Waals surface area contributed by atoms with Gasteiger partial charge in [0.25, 0.3) is 11.6 Å². The molecule has 0 saturated carbocycles. The van der Waals surface area contributed by atoms with Gasteiger partial charge in [0.1, 0.15) is 11.4 Å². The number of aryl methyl sites for hydroxylation is 1. The van der Waals surface area contributed by atoms with Gasteiger partial charge in [-0.2, -0.15) is 0 Å². The highest BCUT2D eigenvalue weighted by molar-refractivity contribution is 6.07. The Hall–Kier alpha value is -3.49. The van der Waals surface area contributed by atoms with Gasteiger partial charge in [0.15, 0.2) is 0 Å². The molecule has 0 spiro atoms. The number of amides is 2. The highest BCUT2D eigenvalue weighted by Gasteiger charge is 2.30. The molecule has 1 aliphatic rings. The topological polar surface area (TPSA) is 88.8 Å². The average molecular weight is 483 g/mol. The predicted molar refractivity (Wildman–Crippen MR) is 129 cm³/mol. The van der Waals surface area contributed by atoms with E-state index in [1.807, 2.05) is 25.7 Å². The van der Waals surface area contributed by atoms with Crippen LogP contribution in [0, 0.1) is 18.7 Å². The van der Waals surface area contributed by atoms with E-state index in [4.69, 9.17) is 9.26 Å². The van der Waals surface area contributed by atoms with E-state index in [0.717, 1.165) is 12.8 Å². The Balaban J connectivity index is 1.57. The molecule has 0 N–H and O–H groups in total. The number of halogens is 1. The van der Waals surface area contributed by atoms with E-state index >= 15 is 0 Å². The number of rotatable bonds is 4. The Kier molecular flexibility index (Phi) is 6.78. The Morgan fingerprint density at radius 2 is 1.97 bits per heavy atom. The zero-order chi connectivity index (χ0) is 25.3. The van der Waals surface area contributed by atoms with Crippen molar-refractivity contribution in [2.45, 2.75) is 46.1 Å². The smallest absolute Gasteiger partial charge is 0.410 e. The van der Waals surface area contributed by atoms with E-state index in [1.54, 1.807) is 37.1 Å². The second-order valence-electron chi connectivity index (χ2n) is 10.1. The van der Waals surface area contributed by atoms with Crippen LogP contribution in [0.25, 0.3) is 22.4 Å². The number of carbonyl (C=O) groups is 2. The molecule has 4 rings (SSSR count). The quantitative estimate of drug-likeness (QED) is 0.517. The SMILES string of the molecule is Cc1noc2nc(-c3ccc(F)cc3)cc(C(=O)N3CCCC(CN(C)C(=O)OC(C)(C)C)C3)c12. The Morgan fingerprint density at radius 1 is 1.26 bits per heavy atom. The van der Waals surface area contributed by atoms with Crippen LogP contribution in [0.3, 0.4) is 0 Å². The maximum Gasteiger partial charge on any atom is 0.410 e. The molecule has 3 aromatic rings. The number of hydrogen-bond acceptors (Lipinski definition) is 6. The third-order valence-corrected chi connectivity index (χ3v) is 6.03. The monoisotopic (exact) mass is 482 g/mol. The lowest BCUT2D eigenvalue weighted by atomic mass is 9.96. The maximum absolute atomic E-state index is 13.7. The molecule has 8 nitrogen and oxygen atoms in total. The molecule has 1 unspecified atom stereocenters. The predicted octanol–water partition coefficient (Wildman–Crippen LogP) is 5.06. The van der Waals surface area contributed by atoms with Crippen molar-refractivity contribution in [1.82, 2.24) is 19.9 Å². The Morgan fingerprint density at radius 3 is 2.66 bits per heavy atom. The second kappa shape index (κ2) is 9.64. The average Bonchev–Trinajstić information content (AvgIpc) is 3.18. The third kappa shape index (κ3) is 5.61. The number of nitrogens with zero attached hydrogens (tertiary/aromatic N) is 4. The molecular formula is C26H31FN4O4. The number of ether oxygens (including phenoxy) is 1. The van der Waals surface area contributed by atoms with Gasteiger partial charge in [0.05, 0.1) is 22.3 Å². The number of hydrogen-bond donors (Lipinski definition) is 0. The molecule has 35 heavy (non-hydrogen) atoms. The normalized spacial score (nSPS) is 16.4. The van der Waals surface area contributed by atoms with Gasteiger partial charge in [-0.1, -0.05) is 5.16 Å². The van der Waals surface area contributed by atoms with Crippen LogP contribution in [0.2, 0.25) is 0 Å². The summed E-state index contributed by atoms with van der Waals surface area (Å²) in [6.45, 7) is 8.91. The van der Waals surface area contributed by atoms with Crippen molar-refractivity contribution in [3.05, 3.63) is 47.4 Å².